The minimum Gasteiger partial charge on any atom is -0.377 e. The number of hydrogen-bond acceptors (Lipinski definition) is 2. The Morgan fingerprint density at radius 2 is 2.06 bits per heavy atom. The van der Waals surface area contributed by atoms with Crippen LogP contribution in [0.2, 0.25) is 0 Å². The van der Waals surface area contributed by atoms with Crippen molar-refractivity contribution in [3.05, 3.63) is 34.9 Å². The van der Waals surface area contributed by atoms with Crippen LogP contribution < -0.4 is 5.32 Å². The van der Waals surface area contributed by atoms with Crippen molar-refractivity contribution in [3.8, 4) is 0 Å². The lowest BCUT2D eigenvalue weighted by atomic mass is 10.0. The zero-order chi connectivity index (χ0) is 12.4. The molecule has 0 saturated carbocycles. The van der Waals surface area contributed by atoms with E-state index in [1.807, 2.05) is 0 Å². The summed E-state index contributed by atoms with van der Waals surface area (Å²) in [6.07, 6.45) is 1.46. The summed E-state index contributed by atoms with van der Waals surface area (Å²) in [6.45, 7) is 9.60. The normalized spacial score (nSPS) is 26.1. The van der Waals surface area contributed by atoms with Gasteiger partial charge in [0.1, 0.15) is 0 Å². The fraction of sp³-hybridized carbons (Fsp3) is 0.600. The zero-order valence-electron chi connectivity index (χ0n) is 11.3. The van der Waals surface area contributed by atoms with Gasteiger partial charge in [-0.15, -0.1) is 0 Å². The van der Waals surface area contributed by atoms with Gasteiger partial charge in [-0.2, -0.15) is 0 Å². The molecule has 2 rings (SSSR count). The van der Waals surface area contributed by atoms with Gasteiger partial charge in [0.2, 0.25) is 0 Å². The summed E-state index contributed by atoms with van der Waals surface area (Å²) in [5.41, 5.74) is 4.09. The Bertz CT molecular complexity index is 389. The molecule has 0 aromatic heterocycles. The van der Waals surface area contributed by atoms with E-state index in [0.29, 0.717) is 18.2 Å². The van der Waals surface area contributed by atoms with Gasteiger partial charge in [0.15, 0.2) is 0 Å². The topological polar surface area (TPSA) is 21.3 Å². The van der Waals surface area contributed by atoms with E-state index in [0.717, 1.165) is 13.0 Å². The number of aryl methyl sites for hydroxylation is 2. The van der Waals surface area contributed by atoms with E-state index in [4.69, 9.17) is 4.74 Å². The third-order valence-electron chi connectivity index (χ3n) is 3.87. The highest BCUT2D eigenvalue weighted by Crippen LogP contribution is 2.20. The van der Waals surface area contributed by atoms with Gasteiger partial charge in [0.25, 0.3) is 0 Å². The monoisotopic (exact) mass is 233 g/mol. The molecule has 1 fully saturated rings. The van der Waals surface area contributed by atoms with Crippen molar-refractivity contribution in [3.63, 3.8) is 0 Å². The third kappa shape index (κ3) is 2.88. The first-order valence-electron chi connectivity index (χ1n) is 6.52. The summed E-state index contributed by atoms with van der Waals surface area (Å²) in [4.78, 5) is 0. The van der Waals surface area contributed by atoms with Gasteiger partial charge in [-0.05, 0) is 50.8 Å². The highest BCUT2D eigenvalue weighted by atomic mass is 16.5. The molecule has 2 nitrogen and oxygen atoms in total. The van der Waals surface area contributed by atoms with Crippen molar-refractivity contribution in [1.29, 1.82) is 0 Å². The van der Waals surface area contributed by atoms with Crippen LogP contribution in [0.25, 0.3) is 0 Å². The highest BCUT2D eigenvalue weighted by molar-refractivity contribution is 5.31. The molecule has 3 atom stereocenters. The second-order valence-corrected chi connectivity index (χ2v) is 5.20. The molecule has 1 aliphatic heterocycles. The van der Waals surface area contributed by atoms with Gasteiger partial charge in [0.05, 0.1) is 6.10 Å². The molecule has 3 unspecified atom stereocenters. The van der Waals surface area contributed by atoms with Crippen molar-refractivity contribution in [2.75, 3.05) is 6.61 Å². The van der Waals surface area contributed by atoms with Gasteiger partial charge in [-0.3, -0.25) is 0 Å². The molecule has 0 spiro atoms. The Hall–Kier alpha value is -0.860. The molecular formula is C15H23NO. The predicted molar refractivity (Wildman–Crippen MR) is 71.3 cm³/mol. The maximum atomic E-state index is 5.58. The highest BCUT2D eigenvalue weighted by Gasteiger charge is 2.25. The SMILES string of the molecule is Cc1ccc(C(C)NC2CCOC2C)cc1C. The fourth-order valence-corrected chi connectivity index (χ4v) is 2.40. The van der Waals surface area contributed by atoms with Crippen LogP contribution in [-0.4, -0.2) is 18.8 Å². The summed E-state index contributed by atoms with van der Waals surface area (Å²) in [7, 11) is 0. The lowest BCUT2D eigenvalue weighted by molar-refractivity contribution is 0.111. The quantitative estimate of drug-likeness (QED) is 0.866. The lowest BCUT2D eigenvalue weighted by Crippen LogP contribution is -2.36. The smallest absolute Gasteiger partial charge is 0.0700 e. The molecular weight excluding hydrogens is 210 g/mol. The Morgan fingerprint density at radius 1 is 1.29 bits per heavy atom. The van der Waals surface area contributed by atoms with Gasteiger partial charge < -0.3 is 10.1 Å². The minimum atomic E-state index is 0.337. The van der Waals surface area contributed by atoms with Crippen molar-refractivity contribution < 1.29 is 4.74 Å². The summed E-state index contributed by atoms with van der Waals surface area (Å²) < 4.78 is 5.58. The summed E-state index contributed by atoms with van der Waals surface area (Å²) >= 11 is 0. The number of benzene rings is 1. The second-order valence-electron chi connectivity index (χ2n) is 5.20. The van der Waals surface area contributed by atoms with E-state index in [9.17, 15) is 0 Å². The molecule has 1 aromatic carbocycles. The van der Waals surface area contributed by atoms with Crippen molar-refractivity contribution >= 4 is 0 Å². The van der Waals surface area contributed by atoms with Crippen molar-refractivity contribution in [2.45, 2.75) is 52.3 Å². The molecule has 1 heterocycles. The molecule has 94 valence electrons. The molecule has 1 aromatic rings. The van der Waals surface area contributed by atoms with Crippen LogP contribution in [0.4, 0.5) is 0 Å². The van der Waals surface area contributed by atoms with Crippen LogP contribution in [0.5, 0.6) is 0 Å². The Balaban J connectivity index is 2.03. The third-order valence-corrected chi connectivity index (χ3v) is 3.87. The average Bonchev–Trinajstić information content (AvgIpc) is 2.68. The van der Waals surface area contributed by atoms with E-state index in [2.05, 4.69) is 51.2 Å². The van der Waals surface area contributed by atoms with E-state index in [1.54, 1.807) is 0 Å². The van der Waals surface area contributed by atoms with Crippen LogP contribution >= 0.6 is 0 Å². The fourth-order valence-electron chi connectivity index (χ4n) is 2.40. The summed E-state index contributed by atoms with van der Waals surface area (Å²) in [5, 5.41) is 3.67. The second kappa shape index (κ2) is 5.19. The molecule has 17 heavy (non-hydrogen) atoms. The van der Waals surface area contributed by atoms with E-state index < -0.39 is 0 Å². The van der Waals surface area contributed by atoms with Gasteiger partial charge in [-0.25, -0.2) is 0 Å². The number of rotatable bonds is 3. The van der Waals surface area contributed by atoms with Crippen molar-refractivity contribution in [2.24, 2.45) is 0 Å². The van der Waals surface area contributed by atoms with Crippen LogP contribution in [-0.2, 0) is 4.74 Å². The molecule has 1 aliphatic rings. The number of ether oxygens (including phenoxy) is 1. The Kier molecular flexibility index (Phi) is 3.85. The van der Waals surface area contributed by atoms with E-state index in [1.165, 1.54) is 16.7 Å². The van der Waals surface area contributed by atoms with Gasteiger partial charge in [0, 0.05) is 18.7 Å². The maximum Gasteiger partial charge on any atom is 0.0700 e. The molecule has 1 N–H and O–H groups in total. The first kappa shape index (κ1) is 12.6. The Labute approximate surface area is 104 Å². The van der Waals surface area contributed by atoms with Crippen LogP contribution in [0.15, 0.2) is 18.2 Å². The molecule has 2 heteroatoms. The summed E-state index contributed by atoms with van der Waals surface area (Å²) in [6, 6.07) is 7.60. The van der Waals surface area contributed by atoms with Crippen LogP contribution in [0.3, 0.4) is 0 Å². The first-order valence-corrected chi connectivity index (χ1v) is 6.52. The standard InChI is InChI=1S/C15H23NO/c1-10-5-6-14(9-11(10)2)12(3)16-15-7-8-17-13(15)4/h5-6,9,12-13,15-16H,7-8H2,1-4H3. The maximum absolute atomic E-state index is 5.58. The Morgan fingerprint density at radius 3 is 2.65 bits per heavy atom. The van der Waals surface area contributed by atoms with E-state index in [-0.39, 0.29) is 0 Å². The largest absolute Gasteiger partial charge is 0.377 e. The van der Waals surface area contributed by atoms with Crippen LogP contribution in [0, 0.1) is 13.8 Å². The molecule has 0 amide bonds. The predicted octanol–water partition coefficient (Wildman–Crippen LogP) is 3.13. The number of hydrogen-bond donors (Lipinski definition) is 1. The zero-order valence-corrected chi connectivity index (χ0v) is 11.3. The van der Waals surface area contributed by atoms with E-state index >= 15 is 0 Å². The lowest BCUT2D eigenvalue weighted by Gasteiger charge is -2.22. The van der Waals surface area contributed by atoms with Gasteiger partial charge >= 0.3 is 0 Å². The van der Waals surface area contributed by atoms with Crippen LogP contribution in [0.1, 0.15) is 43.0 Å². The first-order chi connectivity index (χ1) is 8.08. The average molecular weight is 233 g/mol. The minimum absolute atomic E-state index is 0.337. The molecule has 0 aliphatic carbocycles. The van der Waals surface area contributed by atoms with Gasteiger partial charge in [-0.1, -0.05) is 18.2 Å². The molecule has 0 radical (unpaired) electrons. The molecule has 1 saturated heterocycles. The summed E-state index contributed by atoms with van der Waals surface area (Å²) in [5.74, 6) is 0. The molecule has 0 bridgehead atoms. The number of nitrogens with one attached hydrogen (secondary N) is 1. The van der Waals surface area contributed by atoms with Crippen molar-refractivity contribution in [1.82, 2.24) is 5.32 Å².